The first-order valence-electron chi connectivity index (χ1n) is 10.1. The van der Waals surface area contributed by atoms with Crippen LogP contribution in [0.25, 0.3) is 17.2 Å². The minimum Gasteiger partial charge on any atom is -0.0808 e. The van der Waals surface area contributed by atoms with Crippen molar-refractivity contribution in [2.45, 2.75) is 40.0 Å². The van der Waals surface area contributed by atoms with Gasteiger partial charge in [0.2, 0.25) is 0 Å². The fraction of sp³-hybridized carbons (Fsp3) is 0.259. The molecule has 0 N–H and O–H groups in total. The van der Waals surface area contributed by atoms with Crippen LogP contribution in [0.4, 0.5) is 0 Å². The average molecular weight is 355 g/mol. The Bertz CT molecular complexity index is 855. The third-order valence-corrected chi connectivity index (χ3v) is 5.05. The molecule has 3 rings (SSSR count). The van der Waals surface area contributed by atoms with Crippen LogP contribution in [-0.4, -0.2) is 0 Å². The summed E-state index contributed by atoms with van der Waals surface area (Å²) in [6.07, 6.45) is 17.3. The molecule has 0 amide bonds. The molecule has 0 nitrogen and oxygen atoms in total. The Balaban J connectivity index is 1.76. The minimum atomic E-state index is 0.652. The van der Waals surface area contributed by atoms with Gasteiger partial charge in [0.25, 0.3) is 0 Å². The molecule has 0 spiro atoms. The van der Waals surface area contributed by atoms with Crippen molar-refractivity contribution in [1.82, 2.24) is 0 Å². The zero-order chi connectivity index (χ0) is 19.1. The highest BCUT2D eigenvalue weighted by atomic mass is 14.1. The van der Waals surface area contributed by atoms with Crippen LogP contribution in [-0.2, 0) is 0 Å². The summed E-state index contributed by atoms with van der Waals surface area (Å²) >= 11 is 0. The highest BCUT2D eigenvalue weighted by molar-refractivity contribution is 5.67. The van der Waals surface area contributed by atoms with Gasteiger partial charge in [-0.25, -0.2) is 0 Å². The first-order valence-corrected chi connectivity index (χ1v) is 10.1. The third-order valence-electron chi connectivity index (χ3n) is 5.05. The summed E-state index contributed by atoms with van der Waals surface area (Å²) in [5.74, 6) is 0.652. The fourth-order valence-corrected chi connectivity index (χ4v) is 3.24. The Morgan fingerprint density at radius 3 is 2.26 bits per heavy atom. The topological polar surface area (TPSA) is 0 Å². The summed E-state index contributed by atoms with van der Waals surface area (Å²) in [4.78, 5) is 0. The molecule has 0 saturated heterocycles. The maximum Gasteiger partial charge on any atom is -0.0184 e. The molecular formula is C27H30. The van der Waals surface area contributed by atoms with E-state index in [1.54, 1.807) is 0 Å². The summed E-state index contributed by atoms with van der Waals surface area (Å²) < 4.78 is 0. The normalized spacial score (nSPS) is 17.4. The lowest BCUT2D eigenvalue weighted by molar-refractivity contribution is 0.732. The quantitative estimate of drug-likeness (QED) is 0.462. The van der Waals surface area contributed by atoms with E-state index in [1.807, 2.05) is 0 Å². The molecule has 2 aromatic rings. The van der Waals surface area contributed by atoms with Crippen molar-refractivity contribution < 1.29 is 0 Å². The summed E-state index contributed by atoms with van der Waals surface area (Å²) in [5.41, 5.74) is 7.76. The van der Waals surface area contributed by atoms with Gasteiger partial charge in [-0.1, -0.05) is 111 Å². The van der Waals surface area contributed by atoms with Crippen LogP contribution in [0.2, 0.25) is 0 Å². The van der Waals surface area contributed by atoms with Gasteiger partial charge in [0.15, 0.2) is 0 Å². The SMILES string of the molecule is CCC/C=C(\C=C/c1ccc(-c2ccc(C)cc2)cc1)C1=CCC(C)C=C1. The van der Waals surface area contributed by atoms with E-state index < -0.39 is 0 Å². The van der Waals surface area contributed by atoms with E-state index in [-0.39, 0.29) is 0 Å². The van der Waals surface area contributed by atoms with Crippen LogP contribution < -0.4 is 0 Å². The van der Waals surface area contributed by atoms with Crippen molar-refractivity contribution in [3.63, 3.8) is 0 Å². The van der Waals surface area contributed by atoms with Gasteiger partial charge in [-0.05, 0) is 53.5 Å². The second-order valence-corrected chi connectivity index (χ2v) is 7.50. The zero-order valence-corrected chi connectivity index (χ0v) is 16.8. The maximum absolute atomic E-state index is 2.37. The van der Waals surface area contributed by atoms with Gasteiger partial charge in [0, 0.05) is 0 Å². The van der Waals surface area contributed by atoms with E-state index >= 15 is 0 Å². The summed E-state index contributed by atoms with van der Waals surface area (Å²) in [5, 5.41) is 0. The Hall–Kier alpha value is -2.60. The van der Waals surface area contributed by atoms with Crippen LogP contribution in [0.15, 0.2) is 90.1 Å². The maximum atomic E-state index is 2.37. The molecule has 0 aliphatic heterocycles. The largest absolute Gasteiger partial charge is 0.0808 e. The molecule has 0 aromatic heterocycles. The number of allylic oxidation sites excluding steroid dienone is 7. The second-order valence-electron chi connectivity index (χ2n) is 7.50. The molecule has 1 aliphatic rings. The highest BCUT2D eigenvalue weighted by Crippen LogP contribution is 2.25. The molecule has 2 aromatic carbocycles. The zero-order valence-electron chi connectivity index (χ0n) is 16.8. The Labute approximate surface area is 164 Å². The van der Waals surface area contributed by atoms with Crippen LogP contribution in [0.5, 0.6) is 0 Å². The van der Waals surface area contributed by atoms with E-state index in [2.05, 4.69) is 106 Å². The van der Waals surface area contributed by atoms with Crippen molar-refractivity contribution in [3.8, 4) is 11.1 Å². The molecule has 1 aliphatic carbocycles. The van der Waals surface area contributed by atoms with Crippen molar-refractivity contribution in [1.29, 1.82) is 0 Å². The van der Waals surface area contributed by atoms with Gasteiger partial charge in [0.1, 0.15) is 0 Å². The van der Waals surface area contributed by atoms with E-state index in [0.29, 0.717) is 5.92 Å². The van der Waals surface area contributed by atoms with E-state index in [1.165, 1.54) is 39.8 Å². The van der Waals surface area contributed by atoms with Crippen molar-refractivity contribution in [3.05, 3.63) is 101 Å². The number of unbranched alkanes of at least 4 members (excludes halogenated alkanes) is 1. The predicted molar refractivity (Wildman–Crippen MR) is 120 cm³/mol. The Kier molecular flexibility index (Phi) is 6.65. The highest BCUT2D eigenvalue weighted by Gasteiger charge is 2.06. The van der Waals surface area contributed by atoms with Gasteiger partial charge in [-0.3, -0.25) is 0 Å². The van der Waals surface area contributed by atoms with Gasteiger partial charge in [-0.15, -0.1) is 0 Å². The standard InChI is InChI=1S/C27H30/c1-4-5-6-24(25-14-7-21(2)8-15-25)18-11-23-12-19-27(20-13-23)26-16-9-22(3)10-17-26/h6-7,9-21H,4-5,8H2,1-3H3/b18-11-,24-6+. The molecule has 1 unspecified atom stereocenters. The third kappa shape index (κ3) is 5.44. The minimum absolute atomic E-state index is 0.652. The number of rotatable bonds is 6. The second kappa shape index (κ2) is 9.37. The molecule has 138 valence electrons. The monoisotopic (exact) mass is 354 g/mol. The van der Waals surface area contributed by atoms with Gasteiger partial charge >= 0.3 is 0 Å². The number of hydrogen-bond acceptors (Lipinski definition) is 0. The van der Waals surface area contributed by atoms with Crippen molar-refractivity contribution >= 4 is 6.08 Å². The van der Waals surface area contributed by atoms with Gasteiger partial charge in [-0.2, -0.15) is 0 Å². The number of hydrogen-bond donors (Lipinski definition) is 0. The first-order chi connectivity index (χ1) is 13.2. The van der Waals surface area contributed by atoms with E-state index in [0.717, 1.165) is 12.8 Å². The van der Waals surface area contributed by atoms with E-state index in [4.69, 9.17) is 0 Å². The Morgan fingerprint density at radius 2 is 1.67 bits per heavy atom. The molecule has 0 fully saturated rings. The lowest BCUT2D eigenvalue weighted by atomic mass is 9.93. The first kappa shape index (κ1) is 19.2. The lowest BCUT2D eigenvalue weighted by Gasteiger charge is -2.13. The summed E-state index contributed by atoms with van der Waals surface area (Å²) in [7, 11) is 0. The number of benzene rings is 2. The molecular weight excluding hydrogens is 324 g/mol. The molecule has 27 heavy (non-hydrogen) atoms. The van der Waals surface area contributed by atoms with Gasteiger partial charge in [0.05, 0.1) is 0 Å². The fourth-order valence-electron chi connectivity index (χ4n) is 3.24. The van der Waals surface area contributed by atoms with Crippen LogP contribution in [0.3, 0.4) is 0 Å². The molecule has 0 saturated carbocycles. The average Bonchev–Trinajstić information content (AvgIpc) is 2.70. The van der Waals surface area contributed by atoms with Gasteiger partial charge < -0.3 is 0 Å². The Morgan fingerprint density at radius 1 is 1.00 bits per heavy atom. The lowest BCUT2D eigenvalue weighted by Crippen LogP contribution is -1.96. The smallest absolute Gasteiger partial charge is 0.0184 e. The molecule has 1 atom stereocenters. The molecule has 0 heteroatoms. The van der Waals surface area contributed by atoms with E-state index in [9.17, 15) is 0 Å². The van der Waals surface area contributed by atoms with Crippen LogP contribution in [0, 0.1) is 12.8 Å². The predicted octanol–water partition coefficient (Wildman–Crippen LogP) is 7.92. The van der Waals surface area contributed by atoms with Crippen molar-refractivity contribution in [2.24, 2.45) is 5.92 Å². The van der Waals surface area contributed by atoms with Crippen molar-refractivity contribution in [2.75, 3.05) is 0 Å². The summed E-state index contributed by atoms with van der Waals surface area (Å²) in [6.45, 7) is 6.62. The summed E-state index contributed by atoms with van der Waals surface area (Å²) in [6, 6.07) is 17.5. The van der Waals surface area contributed by atoms with Crippen LogP contribution >= 0.6 is 0 Å². The molecule has 0 radical (unpaired) electrons. The molecule has 0 heterocycles. The molecule has 0 bridgehead atoms. The number of aryl methyl sites for hydroxylation is 1. The van der Waals surface area contributed by atoms with Crippen LogP contribution in [0.1, 0.15) is 44.2 Å².